The van der Waals surface area contributed by atoms with Crippen LogP contribution in [0.25, 0.3) is 0 Å². The van der Waals surface area contributed by atoms with Crippen LogP contribution in [0.4, 0.5) is 10.1 Å². The molecule has 0 bridgehead atoms. The molecule has 0 radical (unpaired) electrons. The number of piperazine rings is 1. The van der Waals surface area contributed by atoms with Crippen LogP contribution in [0.1, 0.15) is 11.6 Å². The first kappa shape index (κ1) is 18.8. The van der Waals surface area contributed by atoms with Gasteiger partial charge in [-0.05, 0) is 23.8 Å². The van der Waals surface area contributed by atoms with Crippen LogP contribution in [-0.2, 0) is 10.0 Å². The second kappa shape index (κ2) is 8.11. The Bertz CT molecular complexity index is 824. The fraction of sp³-hybridized carbons (Fsp3) is 0.389. The number of nitrogens with one attached hydrogen (secondary N) is 1. The number of sulfonamides is 1. The van der Waals surface area contributed by atoms with Crippen LogP contribution < -0.4 is 9.62 Å². The summed E-state index contributed by atoms with van der Waals surface area (Å²) in [5.74, 6) is -0.219. The summed E-state index contributed by atoms with van der Waals surface area (Å²) in [6.07, 6.45) is 4.61. The number of halogens is 1. The highest BCUT2D eigenvalue weighted by Gasteiger charge is 2.26. The minimum atomic E-state index is -3.28. The molecule has 1 N–H and O–H groups in total. The van der Waals surface area contributed by atoms with Crippen molar-refractivity contribution in [2.75, 3.05) is 43.9 Å². The van der Waals surface area contributed by atoms with E-state index in [1.807, 2.05) is 23.1 Å². The number of anilines is 1. The van der Waals surface area contributed by atoms with E-state index in [2.05, 4.69) is 14.6 Å². The number of para-hydroxylation sites is 1. The van der Waals surface area contributed by atoms with E-state index in [9.17, 15) is 12.8 Å². The summed E-state index contributed by atoms with van der Waals surface area (Å²) in [4.78, 5) is 8.39. The third kappa shape index (κ3) is 4.78. The fourth-order valence-electron chi connectivity index (χ4n) is 3.24. The summed E-state index contributed by atoms with van der Waals surface area (Å²) in [5, 5.41) is 0. The maximum absolute atomic E-state index is 14.0. The zero-order valence-electron chi connectivity index (χ0n) is 14.7. The molecule has 2 aromatic rings. The Labute approximate surface area is 153 Å². The lowest BCUT2D eigenvalue weighted by Gasteiger charge is -2.40. The Hall–Kier alpha value is -2.03. The van der Waals surface area contributed by atoms with E-state index in [4.69, 9.17) is 0 Å². The normalized spacial score (nSPS) is 17.2. The first-order valence-electron chi connectivity index (χ1n) is 8.52. The predicted octanol–water partition coefficient (Wildman–Crippen LogP) is 1.63. The summed E-state index contributed by atoms with van der Waals surface area (Å²) in [5.41, 5.74) is 1.57. The molecule has 6 nitrogen and oxygen atoms in total. The van der Waals surface area contributed by atoms with Gasteiger partial charge in [0.25, 0.3) is 0 Å². The van der Waals surface area contributed by atoms with Crippen molar-refractivity contribution < 1.29 is 12.8 Å². The Balaban J connectivity index is 1.71. The molecule has 1 aliphatic rings. The minimum absolute atomic E-state index is 0.110. The SMILES string of the molecule is CS(=O)(=O)NC[C@H](c1cccnc1)N1CCN(c2ccccc2F)CC1. The maximum atomic E-state index is 14.0. The highest BCUT2D eigenvalue weighted by Crippen LogP contribution is 2.25. The van der Waals surface area contributed by atoms with E-state index in [0.717, 1.165) is 11.8 Å². The third-order valence-electron chi connectivity index (χ3n) is 4.56. The zero-order valence-corrected chi connectivity index (χ0v) is 15.5. The molecule has 0 spiro atoms. The fourth-order valence-corrected chi connectivity index (χ4v) is 3.70. The lowest BCUT2D eigenvalue weighted by atomic mass is 10.1. The van der Waals surface area contributed by atoms with Gasteiger partial charge >= 0.3 is 0 Å². The molecule has 1 aromatic carbocycles. The molecule has 3 rings (SSSR count). The van der Waals surface area contributed by atoms with Gasteiger partial charge in [0.1, 0.15) is 5.82 Å². The average molecular weight is 378 g/mol. The Morgan fingerprint density at radius 1 is 1.15 bits per heavy atom. The average Bonchev–Trinajstić information content (AvgIpc) is 2.63. The largest absolute Gasteiger partial charge is 0.367 e. The predicted molar refractivity (Wildman–Crippen MR) is 100 cm³/mol. The van der Waals surface area contributed by atoms with Gasteiger partial charge in [-0.3, -0.25) is 9.88 Å². The molecular formula is C18H23FN4O2S. The van der Waals surface area contributed by atoms with Crippen molar-refractivity contribution in [2.24, 2.45) is 0 Å². The quantitative estimate of drug-likeness (QED) is 0.828. The van der Waals surface area contributed by atoms with Crippen molar-refractivity contribution in [1.82, 2.24) is 14.6 Å². The van der Waals surface area contributed by atoms with Gasteiger partial charge in [0, 0.05) is 51.2 Å². The number of pyridine rings is 1. The molecule has 1 aromatic heterocycles. The number of nitrogens with zero attached hydrogens (tertiary/aromatic N) is 3. The second-order valence-electron chi connectivity index (χ2n) is 6.40. The van der Waals surface area contributed by atoms with E-state index in [-0.39, 0.29) is 18.4 Å². The highest BCUT2D eigenvalue weighted by molar-refractivity contribution is 7.88. The van der Waals surface area contributed by atoms with Gasteiger partial charge in [-0.25, -0.2) is 17.5 Å². The number of rotatable bonds is 6. The van der Waals surface area contributed by atoms with Gasteiger partial charge in [-0.2, -0.15) is 0 Å². The Kier molecular flexibility index (Phi) is 5.85. The van der Waals surface area contributed by atoms with E-state index >= 15 is 0 Å². The highest BCUT2D eigenvalue weighted by atomic mass is 32.2. The van der Waals surface area contributed by atoms with Crippen molar-refractivity contribution >= 4 is 15.7 Å². The van der Waals surface area contributed by atoms with Gasteiger partial charge in [0.15, 0.2) is 0 Å². The summed E-state index contributed by atoms with van der Waals surface area (Å²) in [7, 11) is -3.28. The minimum Gasteiger partial charge on any atom is -0.367 e. The van der Waals surface area contributed by atoms with Crippen LogP contribution in [0.2, 0.25) is 0 Å². The van der Waals surface area contributed by atoms with Gasteiger partial charge in [0.05, 0.1) is 11.9 Å². The molecule has 1 atom stereocenters. The number of aromatic nitrogens is 1. The third-order valence-corrected chi connectivity index (χ3v) is 5.25. The van der Waals surface area contributed by atoms with Gasteiger partial charge in [-0.1, -0.05) is 18.2 Å². The van der Waals surface area contributed by atoms with Gasteiger partial charge in [-0.15, -0.1) is 0 Å². The van der Waals surface area contributed by atoms with E-state index in [1.54, 1.807) is 24.5 Å². The van der Waals surface area contributed by atoms with E-state index in [1.165, 1.54) is 6.07 Å². The smallest absolute Gasteiger partial charge is 0.208 e. The summed E-state index contributed by atoms with van der Waals surface area (Å²) >= 11 is 0. The Morgan fingerprint density at radius 2 is 1.88 bits per heavy atom. The van der Waals surface area contributed by atoms with Crippen LogP contribution in [0, 0.1) is 5.82 Å². The van der Waals surface area contributed by atoms with Crippen molar-refractivity contribution in [2.45, 2.75) is 6.04 Å². The molecule has 0 aliphatic carbocycles. The summed E-state index contributed by atoms with van der Waals surface area (Å²) in [6, 6.07) is 10.5. The van der Waals surface area contributed by atoms with Crippen LogP contribution in [0.5, 0.6) is 0 Å². The molecule has 0 unspecified atom stereocenters. The molecule has 1 saturated heterocycles. The maximum Gasteiger partial charge on any atom is 0.208 e. The summed E-state index contributed by atoms with van der Waals surface area (Å²) < 4.78 is 39.7. The zero-order chi connectivity index (χ0) is 18.6. The van der Waals surface area contributed by atoms with Crippen LogP contribution >= 0.6 is 0 Å². The molecule has 1 aliphatic heterocycles. The van der Waals surface area contributed by atoms with Gasteiger partial charge < -0.3 is 4.90 Å². The van der Waals surface area contributed by atoms with E-state index < -0.39 is 10.0 Å². The lowest BCUT2D eigenvalue weighted by Crippen LogP contribution is -2.50. The van der Waals surface area contributed by atoms with Crippen molar-refractivity contribution in [3.63, 3.8) is 0 Å². The van der Waals surface area contributed by atoms with E-state index in [0.29, 0.717) is 31.9 Å². The van der Waals surface area contributed by atoms with Crippen molar-refractivity contribution in [1.29, 1.82) is 0 Å². The number of hydrogen-bond acceptors (Lipinski definition) is 5. The monoisotopic (exact) mass is 378 g/mol. The molecule has 8 heteroatoms. The first-order valence-corrected chi connectivity index (χ1v) is 10.4. The molecule has 26 heavy (non-hydrogen) atoms. The number of benzene rings is 1. The molecule has 0 amide bonds. The van der Waals surface area contributed by atoms with Gasteiger partial charge in [0.2, 0.25) is 10.0 Å². The van der Waals surface area contributed by atoms with Crippen molar-refractivity contribution in [3.05, 3.63) is 60.2 Å². The molecule has 0 saturated carbocycles. The van der Waals surface area contributed by atoms with Crippen LogP contribution in [-0.4, -0.2) is 57.3 Å². The summed E-state index contributed by atoms with van der Waals surface area (Å²) in [6.45, 7) is 3.05. The first-order chi connectivity index (χ1) is 12.4. The lowest BCUT2D eigenvalue weighted by molar-refractivity contribution is 0.186. The van der Waals surface area contributed by atoms with Crippen LogP contribution in [0.3, 0.4) is 0 Å². The van der Waals surface area contributed by atoms with Crippen LogP contribution in [0.15, 0.2) is 48.8 Å². The standard InChI is InChI=1S/C18H23FN4O2S/c1-26(24,25)21-14-18(15-5-4-8-20-13-15)23-11-9-22(10-12-23)17-7-3-2-6-16(17)19/h2-8,13,18,21H,9-12,14H2,1H3/t18-/m1/s1. The molecule has 2 heterocycles. The number of hydrogen-bond donors (Lipinski definition) is 1. The second-order valence-corrected chi connectivity index (χ2v) is 8.23. The Morgan fingerprint density at radius 3 is 2.50 bits per heavy atom. The molecule has 1 fully saturated rings. The van der Waals surface area contributed by atoms with Crippen molar-refractivity contribution in [3.8, 4) is 0 Å². The topological polar surface area (TPSA) is 65.5 Å². The molecule has 140 valence electrons. The molecular weight excluding hydrogens is 355 g/mol.